The van der Waals surface area contributed by atoms with Gasteiger partial charge in [0, 0.05) is 31.8 Å². The molecule has 3 radical (unpaired) electrons. The van der Waals surface area contributed by atoms with E-state index in [2.05, 4.69) is 10.2 Å². The topological polar surface area (TPSA) is 38.7 Å². The summed E-state index contributed by atoms with van der Waals surface area (Å²) < 4.78 is 10.3. The van der Waals surface area contributed by atoms with Gasteiger partial charge in [0.25, 0.3) is 0 Å². The highest BCUT2D eigenvalue weighted by Gasteiger charge is 2.19. The Balaban J connectivity index is 2.94. The summed E-state index contributed by atoms with van der Waals surface area (Å²) in [5.74, 6) is 0.393. The van der Waals surface area contributed by atoms with E-state index in [4.69, 9.17) is 9.47 Å². The molecule has 0 bridgehead atoms. The molecule has 1 aliphatic rings. The largest absolute Gasteiger partial charge is 0.512 e. The minimum absolute atomic E-state index is 0.390. The van der Waals surface area contributed by atoms with Crippen LogP contribution < -0.4 is 0 Å². The second-order valence-electron chi connectivity index (χ2n) is 3.62. The molecular formula is C12H17O3Si. The van der Waals surface area contributed by atoms with Crippen LogP contribution >= 0.6 is 0 Å². The molecule has 0 aromatic rings. The van der Waals surface area contributed by atoms with Crippen LogP contribution in [0, 0.1) is 0 Å². The van der Waals surface area contributed by atoms with Crippen molar-refractivity contribution < 1.29 is 14.6 Å². The maximum Gasteiger partial charge on any atom is 0.183 e. The van der Waals surface area contributed by atoms with E-state index >= 15 is 0 Å². The fourth-order valence-corrected chi connectivity index (χ4v) is 2.03. The second kappa shape index (κ2) is 6.03. The summed E-state index contributed by atoms with van der Waals surface area (Å²) in [7, 11) is 6.65. The molecule has 0 aliphatic heterocycles. The highest BCUT2D eigenvalue weighted by Crippen LogP contribution is 2.27. The number of hydrogen-bond donors (Lipinski definition) is 1. The first-order valence-electron chi connectivity index (χ1n) is 5.27. The lowest BCUT2D eigenvalue weighted by atomic mass is 10.1. The Bertz CT molecular complexity index is 338. The molecule has 0 aromatic carbocycles. The van der Waals surface area contributed by atoms with Crippen molar-refractivity contribution in [1.29, 1.82) is 0 Å². The molecule has 1 rings (SSSR count). The van der Waals surface area contributed by atoms with Gasteiger partial charge < -0.3 is 14.6 Å². The molecule has 0 fully saturated rings. The van der Waals surface area contributed by atoms with E-state index in [1.165, 1.54) is 0 Å². The van der Waals surface area contributed by atoms with Crippen LogP contribution in [0.5, 0.6) is 0 Å². The molecular weight excluding hydrogens is 220 g/mol. The third kappa shape index (κ3) is 2.84. The molecule has 1 N–H and O–H groups in total. The van der Waals surface area contributed by atoms with E-state index < -0.39 is 6.29 Å². The summed E-state index contributed by atoms with van der Waals surface area (Å²) in [6, 6.07) is 0. The van der Waals surface area contributed by atoms with Crippen molar-refractivity contribution in [2.45, 2.75) is 26.1 Å². The highest BCUT2D eigenvalue weighted by molar-refractivity contribution is 6.25. The highest BCUT2D eigenvalue weighted by atomic mass is 28.1. The second-order valence-corrected chi connectivity index (χ2v) is 4.15. The molecule has 0 atom stereocenters. The van der Waals surface area contributed by atoms with E-state index in [-0.39, 0.29) is 0 Å². The maximum absolute atomic E-state index is 9.85. The van der Waals surface area contributed by atoms with Crippen LogP contribution in [0.3, 0.4) is 0 Å². The Labute approximate surface area is 99.9 Å². The Morgan fingerprint density at radius 3 is 2.50 bits per heavy atom. The molecule has 0 saturated heterocycles. The van der Waals surface area contributed by atoms with E-state index in [1.54, 1.807) is 14.2 Å². The van der Waals surface area contributed by atoms with Crippen molar-refractivity contribution in [1.82, 2.24) is 0 Å². The first kappa shape index (κ1) is 13.2. The first-order valence-corrected chi connectivity index (χ1v) is 5.77. The van der Waals surface area contributed by atoms with Gasteiger partial charge in [-0.05, 0) is 12.5 Å². The molecule has 3 nitrogen and oxygen atoms in total. The predicted molar refractivity (Wildman–Crippen MR) is 64.3 cm³/mol. The predicted octanol–water partition coefficient (Wildman–Crippen LogP) is 2.21. The zero-order chi connectivity index (χ0) is 12.1. The molecule has 0 saturated carbocycles. The van der Waals surface area contributed by atoms with Crippen molar-refractivity contribution in [3.05, 3.63) is 34.3 Å². The number of methoxy groups -OCH3 is 2. The lowest BCUT2D eigenvalue weighted by molar-refractivity contribution is -0.0723. The van der Waals surface area contributed by atoms with E-state index in [9.17, 15) is 5.11 Å². The van der Waals surface area contributed by atoms with Crippen LogP contribution in [0.4, 0.5) is 0 Å². The van der Waals surface area contributed by atoms with Gasteiger partial charge in [-0.25, -0.2) is 0 Å². The average Bonchev–Trinajstić information content (AvgIpc) is 2.63. The molecule has 16 heavy (non-hydrogen) atoms. The third-order valence-corrected chi connectivity index (χ3v) is 2.82. The Morgan fingerprint density at radius 2 is 2.00 bits per heavy atom. The van der Waals surface area contributed by atoms with Crippen molar-refractivity contribution in [3.8, 4) is 0 Å². The minimum Gasteiger partial charge on any atom is -0.512 e. The smallest absolute Gasteiger partial charge is 0.183 e. The van der Waals surface area contributed by atoms with Crippen LogP contribution in [0.15, 0.2) is 34.3 Å². The Kier molecular flexibility index (Phi) is 4.98. The monoisotopic (exact) mass is 237 g/mol. The van der Waals surface area contributed by atoms with Gasteiger partial charge in [-0.2, -0.15) is 0 Å². The Hall–Kier alpha value is -0.843. The summed E-state index contributed by atoms with van der Waals surface area (Å²) in [6.07, 6.45) is 4.97. The number of allylic oxidation sites excluding steroid dienone is 4. The van der Waals surface area contributed by atoms with Crippen LogP contribution in [0.25, 0.3) is 0 Å². The normalized spacial score (nSPS) is 18.8. The molecule has 0 unspecified atom stereocenters. The van der Waals surface area contributed by atoms with Crippen LogP contribution in [-0.2, 0) is 9.47 Å². The molecule has 4 heteroatoms. The average molecular weight is 237 g/mol. The van der Waals surface area contributed by atoms with Crippen molar-refractivity contribution in [2.75, 3.05) is 14.2 Å². The van der Waals surface area contributed by atoms with Crippen molar-refractivity contribution >= 4 is 10.2 Å². The summed E-state index contributed by atoms with van der Waals surface area (Å²) >= 11 is 0. The van der Waals surface area contributed by atoms with Gasteiger partial charge in [0.15, 0.2) is 6.29 Å². The van der Waals surface area contributed by atoms with Gasteiger partial charge in [0.2, 0.25) is 0 Å². The van der Waals surface area contributed by atoms with Crippen LogP contribution in [0.2, 0.25) is 0 Å². The SMILES string of the molecule is CCC/C(O)=C1/C=C(C(OC)OC)C=C1[Si]. The number of aliphatic hydroxyl groups excluding tert-OH is 1. The third-order valence-electron chi connectivity index (χ3n) is 2.41. The molecule has 87 valence electrons. The molecule has 0 spiro atoms. The van der Waals surface area contributed by atoms with Gasteiger partial charge in [0.05, 0.1) is 16.0 Å². The van der Waals surface area contributed by atoms with E-state index in [1.807, 2.05) is 19.1 Å². The molecule has 0 heterocycles. The van der Waals surface area contributed by atoms with Gasteiger partial charge in [0.1, 0.15) is 0 Å². The van der Waals surface area contributed by atoms with Gasteiger partial charge in [-0.1, -0.05) is 18.2 Å². The fraction of sp³-hybridized carbons (Fsp3) is 0.500. The number of rotatable bonds is 5. The lowest BCUT2D eigenvalue weighted by Gasteiger charge is -2.12. The quantitative estimate of drug-likeness (QED) is 0.452. The summed E-state index contributed by atoms with van der Waals surface area (Å²) in [4.78, 5) is 0. The van der Waals surface area contributed by atoms with Gasteiger partial charge >= 0.3 is 0 Å². The number of aliphatic hydroxyl groups is 1. The Morgan fingerprint density at radius 1 is 1.38 bits per heavy atom. The first-order chi connectivity index (χ1) is 7.63. The fourth-order valence-electron chi connectivity index (χ4n) is 1.65. The van der Waals surface area contributed by atoms with E-state index in [0.29, 0.717) is 12.2 Å². The summed E-state index contributed by atoms with van der Waals surface area (Å²) in [5.41, 5.74) is 1.71. The van der Waals surface area contributed by atoms with Gasteiger partial charge in [-0.15, -0.1) is 0 Å². The number of hydrogen-bond acceptors (Lipinski definition) is 3. The maximum atomic E-state index is 9.85. The molecule has 0 amide bonds. The molecule has 1 aliphatic carbocycles. The van der Waals surface area contributed by atoms with Crippen LogP contribution in [0.1, 0.15) is 19.8 Å². The van der Waals surface area contributed by atoms with Gasteiger partial charge in [-0.3, -0.25) is 0 Å². The molecule has 0 aromatic heterocycles. The lowest BCUT2D eigenvalue weighted by Crippen LogP contribution is -2.14. The summed E-state index contributed by atoms with van der Waals surface area (Å²) in [6.45, 7) is 2.03. The zero-order valence-electron chi connectivity index (χ0n) is 9.91. The van der Waals surface area contributed by atoms with Crippen LogP contribution in [-0.4, -0.2) is 35.9 Å². The zero-order valence-corrected chi connectivity index (χ0v) is 10.9. The van der Waals surface area contributed by atoms with Crippen molar-refractivity contribution in [3.63, 3.8) is 0 Å². The van der Waals surface area contributed by atoms with E-state index in [0.717, 1.165) is 22.8 Å². The van der Waals surface area contributed by atoms with Crippen molar-refractivity contribution in [2.24, 2.45) is 0 Å². The standard InChI is InChI=1S/C12H17O3Si/c1-4-5-10(13)9-6-8(7-11(9)16)12(14-2)15-3/h6-7,12-13H,4-5H2,1-3H3/b10-9+. The number of ether oxygens (including phenoxy) is 2. The minimum atomic E-state index is -0.390. The summed E-state index contributed by atoms with van der Waals surface area (Å²) in [5, 5.41) is 10.7.